The summed E-state index contributed by atoms with van der Waals surface area (Å²) in [5.41, 5.74) is 1.18. The molecule has 4 rings (SSSR count). The van der Waals surface area contributed by atoms with Crippen molar-refractivity contribution in [1.29, 1.82) is 0 Å². The van der Waals surface area contributed by atoms with E-state index in [9.17, 15) is 4.79 Å². The van der Waals surface area contributed by atoms with Crippen LogP contribution in [0, 0.1) is 0 Å². The molecule has 25 heavy (non-hydrogen) atoms. The molecule has 0 unspecified atom stereocenters. The third-order valence-electron chi connectivity index (χ3n) is 3.83. The molecular formula is C19H17NO5. The molecule has 128 valence electrons. The van der Waals surface area contributed by atoms with E-state index in [1.807, 2.05) is 25.1 Å². The summed E-state index contributed by atoms with van der Waals surface area (Å²) >= 11 is 0. The molecule has 3 aromatic rings. The third kappa shape index (κ3) is 2.98. The van der Waals surface area contributed by atoms with E-state index in [4.69, 9.17) is 18.6 Å². The van der Waals surface area contributed by atoms with Crippen molar-refractivity contribution in [3.05, 3.63) is 48.2 Å². The van der Waals surface area contributed by atoms with Crippen LogP contribution in [0.5, 0.6) is 17.2 Å². The number of fused-ring (bicyclic) bond motifs is 2. The molecule has 0 bridgehead atoms. The summed E-state index contributed by atoms with van der Waals surface area (Å²) in [6.45, 7) is 3.45. The highest BCUT2D eigenvalue weighted by Crippen LogP contribution is 2.33. The number of rotatable bonds is 4. The number of carbonyl (C=O) groups is 1. The van der Waals surface area contributed by atoms with Gasteiger partial charge in [0.25, 0.3) is 5.91 Å². The van der Waals surface area contributed by atoms with Crippen LogP contribution in [0.25, 0.3) is 11.0 Å². The van der Waals surface area contributed by atoms with Gasteiger partial charge >= 0.3 is 0 Å². The summed E-state index contributed by atoms with van der Waals surface area (Å²) in [5, 5.41) is 3.63. The number of nitrogens with one attached hydrogen (secondary N) is 1. The first-order valence-electron chi connectivity index (χ1n) is 8.11. The molecule has 0 fully saturated rings. The molecule has 1 aliphatic rings. The molecule has 1 N–H and O–H groups in total. The number of furan rings is 1. The Morgan fingerprint density at radius 1 is 1.12 bits per heavy atom. The van der Waals surface area contributed by atoms with Crippen LogP contribution >= 0.6 is 0 Å². The predicted octanol–water partition coefficient (Wildman–Crippen LogP) is 3.86. The maximum atomic E-state index is 12.5. The molecule has 6 nitrogen and oxygen atoms in total. The highest BCUT2D eigenvalue weighted by atomic mass is 16.6. The Kier molecular flexibility index (Phi) is 3.93. The summed E-state index contributed by atoms with van der Waals surface area (Å²) < 4.78 is 22.2. The molecule has 0 saturated carbocycles. The molecule has 1 aromatic heterocycles. The second-order valence-electron chi connectivity index (χ2n) is 5.53. The molecule has 1 amide bonds. The fourth-order valence-corrected chi connectivity index (χ4v) is 2.73. The van der Waals surface area contributed by atoms with Gasteiger partial charge in [-0.25, -0.2) is 0 Å². The zero-order valence-corrected chi connectivity index (χ0v) is 13.7. The number of para-hydroxylation sites is 1. The monoisotopic (exact) mass is 339 g/mol. The first-order chi connectivity index (χ1) is 12.2. The molecule has 6 heteroatoms. The summed E-state index contributed by atoms with van der Waals surface area (Å²) in [6, 6.07) is 12.5. The average molecular weight is 339 g/mol. The summed E-state index contributed by atoms with van der Waals surface area (Å²) in [6.07, 6.45) is 0. The van der Waals surface area contributed by atoms with Crippen LogP contribution in [0.4, 0.5) is 5.69 Å². The lowest BCUT2D eigenvalue weighted by Crippen LogP contribution is -2.16. The Balaban J connectivity index is 1.59. The van der Waals surface area contributed by atoms with Gasteiger partial charge in [0.1, 0.15) is 13.2 Å². The van der Waals surface area contributed by atoms with Gasteiger partial charge in [-0.3, -0.25) is 4.79 Å². The van der Waals surface area contributed by atoms with Crippen LogP contribution in [0.3, 0.4) is 0 Å². The Bertz CT molecular complexity index is 931. The van der Waals surface area contributed by atoms with Crippen LogP contribution in [0.2, 0.25) is 0 Å². The van der Waals surface area contributed by atoms with E-state index in [1.54, 1.807) is 24.3 Å². The normalized spacial score (nSPS) is 12.8. The van der Waals surface area contributed by atoms with Crippen LogP contribution in [0.15, 0.2) is 46.9 Å². The van der Waals surface area contributed by atoms with E-state index in [2.05, 4.69) is 5.32 Å². The summed E-state index contributed by atoms with van der Waals surface area (Å²) in [4.78, 5) is 12.5. The van der Waals surface area contributed by atoms with Gasteiger partial charge in [-0.05, 0) is 31.2 Å². The predicted molar refractivity (Wildman–Crippen MR) is 92.8 cm³/mol. The Morgan fingerprint density at radius 3 is 2.80 bits per heavy atom. The molecule has 0 atom stereocenters. The number of amides is 1. The minimum Gasteiger partial charge on any atom is -0.490 e. The van der Waals surface area contributed by atoms with E-state index in [0.717, 1.165) is 5.39 Å². The van der Waals surface area contributed by atoms with Crippen LogP contribution in [-0.2, 0) is 0 Å². The molecule has 0 radical (unpaired) electrons. The number of benzene rings is 2. The summed E-state index contributed by atoms with van der Waals surface area (Å²) in [5.74, 6) is 1.80. The second-order valence-corrected chi connectivity index (χ2v) is 5.53. The number of hydrogen-bond acceptors (Lipinski definition) is 5. The van der Waals surface area contributed by atoms with Crippen molar-refractivity contribution in [2.75, 3.05) is 25.1 Å². The van der Waals surface area contributed by atoms with E-state index in [-0.39, 0.29) is 11.7 Å². The fourth-order valence-electron chi connectivity index (χ4n) is 2.73. The highest BCUT2D eigenvalue weighted by molar-refractivity contribution is 6.05. The van der Waals surface area contributed by atoms with Crippen molar-refractivity contribution in [1.82, 2.24) is 0 Å². The quantitative estimate of drug-likeness (QED) is 0.782. The number of hydrogen-bond donors (Lipinski definition) is 1. The van der Waals surface area contributed by atoms with Crippen molar-refractivity contribution >= 4 is 22.6 Å². The molecule has 1 aliphatic heterocycles. The van der Waals surface area contributed by atoms with Crippen LogP contribution in [0.1, 0.15) is 17.5 Å². The smallest absolute Gasteiger partial charge is 0.291 e. The molecule has 2 aromatic carbocycles. The van der Waals surface area contributed by atoms with Gasteiger partial charge in [0, 0.05) is 17.1 Å². The molecule has 0 aliphatic carbocycles. The first kappa shape index (κ1) is 15.4. The average Bonchev–Trinajstić information content (AvgIpc) is 3.07. The largest absolute Gasteiger partial charge is 0.490 e. The molecule has 2 heterocycles. The molecular weight excluding hydrogens is 322 g/mol. The lowest BCUT2D eigenvalue weighted by Gasteiger charge is -2.18. The minimum absolute atomic E-state index is 0.219. The fraction of sp³-hybridized carbons (Fsp3) is 0.211. The van der Waals surface area contributed by atoms with Crippen molar-refractivity contribution in [3.8, 4) is 17.2 Å². The van der Waals surface area contributed by atoms with Gasteiger partial charge < -0.3 is 23.9 Å². The van der Waals surface area contributed by atoms with Crippen molar-refractivity contribution in [2.24, 2.45) is 0 Å². The topological polar surface area (TPSA) is 69.9 Å². The van der Waals surface area contributed by atoms with E-state index in [0.29, 0.717) is 48.3 Å². The van der Waals surface area contributed by atoms with E-state index in [1.165, 1.54) is 0 Å². The molecule has 0 saturated heterocycles. The lowest BCUT2D eigenvalue weighted by molar-refractivity contribution is 0.0998. The third-order valence-corrected chi connectivity index (χ3v) is 3.83. The van der Waals surface area contributed by atoms with E-state index >= 15 is 0 Å². The van der Waals surface area contributed by atoms with Gasteiger partial charge in [-0.2, -0.15) is 0 Å². The number of ether oxygens (including phenoxy) is 3. The van der Waals surface area contributed by atoms with Gasteiger partial charge in [-0.1, -0.05) is 12.1 Å². The molecule has 0 spiro atoms. The van der Waals surface area contributed by atoms with Crippen molar-refractivity contribution in [3.63, 3.8) is 0 Å². The Hall–Kier alpha value is -3.15. The Morgan fingerprint density at radius 2 is 1.96 bits per heavy atom. The highest BCUT2D eigenvalue weighted by Gasteiger charge is 2.17. The van der Waals surface area contributed by atoms with E-state index < -0.39 is 0 Å². The van der Waals surface area contributed by atoms with Gasteiger partial charge in [0.05, 0.1) is 6.61 Å². The lowest BCUT2D eigenvalue weighted by atomic mass is 10.2. The van der Waals surface area contributed by atoms with Gasteiger partial charge in [0.2, 0.25) is 0 Å². The SMILES string of the molecule is CCOc1cccc2cc(C(=O)Nc3ccc4c(c3)OCCO4)oc12. The zero-order valence-electron chi connectivity index (χ0n) is 13.7. The van der Waals surface area contributed by atoms with Crippen LogP contribution < -0.4 is 19.5 Å². The standard InChI is InChI=1S/C19H17NO5/c1-2-22-15-5-3-4-12-10-17(25-18(12)15)19(21)20-13-6-7-14-16(11-13)24-9-8-23-14/h3-7,10-11H,2,8-9H2,1H3,(H,20,21). The van der Waals surface area contributed by atoms with Crippen molar-refractivity contribution < 1.29 is 23.4 Å². The summed E-state index contributed by atoms with van der Waals surface area (Å²) in [7, 11) is 0. The number of anilines is 1. The number of carbonyl (C=O) groups excluding carboxylic acids is 1. The van der Waals surface area contributed by atoms with Gasteiger partial charge in [-0.15, -0.1) is 0 Å². The minimum atomic E-state index is -0.338. The second kappa shape index (κ2) is 6.39. The zero-order chi connectivity index (χ0) is 17.2. The first-order valence-corrected chi connectivity index (χ1v) is 8.11. The van der Waals surface area contributed by atoms with Crippen molar-refractivity contribution in [2.45, 2.75) is 6.92 Å². The maximum Gasteiger partial charge on any atom is 0.291 e. The van der Waals surface area contributed by atoms with Gasteiger partial charge in [0.15, 0.2) is 28.6 Å². The maximum absolute atomic E-state index is 12.5. The Labute approximate surface area is 144 Å². The van der Waals surface area contributed by atoms with Crippen LogP contribution in [-0.4, -0.2) is 25.7 Å².